The highest BCUT2D eigenvalue weighted by Gasteiger charge is 2.30. The molecule has 0 spiro atoms. The van der Waals surface area contributed by atoms with E-state index in [1.165, 1.54) is 12.1 Å². The minimum Gasteiger partial charge on any atom is -0.378 e. The second kappa shape index (κ2) is 8.22. The summed E-state index contributed by atoms with van der Waals surface area (Å²) in [5.41, 5.74) is 4.05. The van der Waals surface area contributed by atoms with Crippen molar-refractivity contribution in [2.75, 3.05) is 19.0 Å². The Labute approximate surface area is 178 Å². The summed E-state index contributed by atoms with van der Waals surface area (Å²) in [6.07, 6.45) is -2.70. The van der Waals surface area contributed by atoms with Gasteiger partial charge in [0.2, 0.25) is 0 Å². The van der Waals surface area contributed by atoms with Crippen LogP contribution in [0.1, 0.15) is 5.56 Å². The third kappa shape index (κ3) is 4.43. The molecule has 0 saturated heterocycles. The quantitative estimate of drug-likeness (QED) is 0.375. The molecule has 6 heteroatoms. The van der Waals surface area contributed by atoms with Crippen LogP contribution in [0.2, 0.25) is 0 Å². The van der Waals surface area contributed by atoms with E-state index in [2.05, 4.69) is 4.98 Å². The van der Waals surface area contributed by atoms with Gasteiger partial charge in [0, 0.05) is 42.7 Å². The maximum absolute atomic E-state index is 13.0. The molecule has 0 fully saturated rings. The third-order valence-corrected chi connectivity index (χ3v) is 5.00. The molecular weight excluding hydrogens is 399 g/mol. The minimum atomic E-state index is -4.38. The standard InChI is InChI=1S/C25H20F3N3/c1-31(2)21-14-10-18(11-15-21)23-22(17-8-12-20(13-9-17)25(26,27)28)16-29-24(30-23)19-6-4-3-5-7-19/h3-16H,1-2H3. The topological polar surface area (TPSA) is 29.0 Å². The van der Waals surface area contributed by atoms with Crippen LogP contribution in [-0.2, 0) is 6.18 Å². The zero-order valence-electron chi connectivity index (χ0n) is 17.1. The van der Waals surface area contributed by atoms with Crippen LogP contribution in [-0.4, -0.2) is 24.1 Å². The average molecular weight is 419 g/mol. The Hall–Kier alpha value is -3.67. The van der Waals surface area contributed by atoms with Crippen LogP contribution in [0, 0.1) is 0 Å². The van der Waals surface area contributed by atoms with Crippen molar-refractivity contribution < 1.29 is 13.2 Å². The van der Waals surface area contributed by atoms with Crippen LogP contribution in [0.4, 0.5) is 18.9 Å². The second-order valence-electron chi connectivity index (χ2n) is 7.34. The van der Waals surface area contributed by atoms with Crippen molar-refractivity contribution in [3.63, 3.8) is 0 Å². The monoisotopic (exact) mass is 419 g/mol. The Balaban J connectivity index is 1.84. The molecule has 4 aromatic rings. The normalized spacial score (nSPS) is 11.4. The largest absolute Gasteiger partial charge is 0.416 e. The number of aromatic nitrogens is 2. The number of nitrogens with zero attached hydrogens (tertiary/aromatic N) is 3. The first kappa shape index (κ1) is 20.6. The molecule has 0 N–H and O–H groups in total. The smallest absolute Gasteiger partial charge is 0.378 e. The zero-order chi connectivity index (χ0) is 22.0. The lowest BCUT2D eigenvalue weighted by Gasteiger charge is -2.15. The van der Waals surface area contributed by atoms with E-state index in [0.717, 1.165) is 28.9 Å². The fourth-order valence-corrected chi connectivity index (χ4v) is 3.30. The summed E-state index contributed by atoms with van der Waals surface area (Å²) in [4.78, 5) is 11.3. The van der Waals surface area contributed by atoms with Crippen molar-refractivity contribution in [1.82, 2.24) is 9.97 Å². The predicted octanol–water partition coefficient (Wildman–Crippen LogP) is 6.56. The van der Waals surface area contributed by atoms with Gasteiger partial charge in [-0.1, -0.05) is 54.6 Å². The van der Waals surface area contributed by atoms with Crippen LogP contribution in [0.15, 0.2) is 85.1 Å². The van der Waals surface area contributed by atoms with E-state index in [0.29, 0.717) is 22.6 Å². The van der Waals surface area contributed by atoms with E-state index in [1.54, 1.807) is 6.20 Å². The van der Waals surface area contributed by atoms with Gasteiger partial charge in [0.05, 0.1) is 11.3 Å². The molecule has 0 radical (unpaired) electrons. The summed E-state index contributed by atoms with van der Waals surface area (Å²) in [5, 5.41) is 0. The molecule has 0 aliphatic carbocycles. The van der Waals surface area contributed by atoms with E-state index in [-0.39, 0.29) is 0 Å². The molecule has 0 saturated carbocycles. The molecule has 0 aliphatic rings. The molecule has 3 aromatic carbocycles. The summed E-state index contributed by atoms with van der Waals surface area (Å²) in [7, 11) is 3.92. The molecular formula is C25H20F3N3. The van der Waals surface area contributed by atoms with Crippen molar-refractivity contribution >= 4 is 5.69 Å². The summed E-state index contributed by atoms with van der Waals surface area (Å²) >= 11 is 0. The number of hydrogen-bond acceptors (Lipinski definition) is 3. The fourth-order valence-electron chi connectivity index (χ4n) is 3.30. The van der Waals surface area contributed by atoms with Crippen LogP contribution in [0.5, 0.6) is 0 Å². The van der Waals surface area contributed by atoms with E-state index in [1.807, 2.05) is 73.6 Å². The SMILES string of the molecule is CN(C)c1ccc(-c2nc(-c3ccccc3)ncc2-c2ccc(C(F)(F)F)cc2)cc1. The molecule has 0 bridgehead atoms. The van der Waals surface area contributed by atoms with Crippen molar-refractivity contribution in [2.45, 2.75) is 6.18 Å². The van der Waals surface area contributed by atoms with Gasteiger partial charge in [0.25, 0.3) is 0 Å². The molecule has 0 aliphatic heterocycles. The van der Waals surface area contributed by atoms with E-state index >= 15 is 0 Å². The Kier molecular flexibility index (Phi) is 5.46. The third-order valence-electron chi connectivity index (χ3n) is 5.00. The highest BCUT2D eigenvalue weighted by molar-refractivity contribution is 5.82. The number of benzene rings is 3. The molecule has 0 amide bonds. The van der Waals surface area contributed by atoms with Crippen LogP contribution in [0.25, 0.3) is 33.8 Å². The first-order valence-corrected chi connectivity index (χ1v) is 9.71. The van der Waals surface area contributed by atoms with Gasteiger partial charge in [0.15, 0.2) is 5.82 Å². The van der Waals surface area contributed by atoms with Crippen molar-refractivity contribution in [1.29, 1.82) is 0 Å². The van der Waals surface area contributed by atoms with E-state index in [9.17, 15) is 13.2 Å². The van der Waals surface area contributed by atoms with Crippen molar-refractivity contribution in [2.24, 2.45) is 0 Å². The number of rotatable bonds is 4. The molecule has 0 unspecified atom stereocenters. The van der Waals surface area contributed by atoms with Gasteiger partial charge < -0.3 is 4.90 Å². The minimum absolute atomic E-state index is 0.558. The summed E-state index contributed by atoms with van der Waals surface area (Å²) in [5.74, 6) is 0.558. The zero-order valence-corrected chi connectivity index (χ0v) is 17.1. The maximum atomic E-state index is 13.0. The molecule has 3 nitrogen and oxygen atoms in total. The van der Waals surface area contributed by atoms with Gasteiger partial charge in [-0.2, -0.15) is 13.2 Å². The summed E-state index contributed by atoms with van der Waals surface area (Å²) in [6, 6.07) is 22.6. The molecule has 1 heterocycles. The summed E-state index contributed by atoms with van der Waals surface area (Å²) < 4.78 is 38.9. The van der Waals surface area contributed by atoms with Gasteiger partial charge in [-0.25, -0.2) is 9.97 Å². The highest BCUT2D eigenvalue weighted by atomic mass is 19.4. The Morgan fingerprint density at radius 1 is 0.710 bits per heavy atom. The first-order chi connectivity index (χ1) is 14.8. The maximum Gasteiger partial charge on any atom is 0.416 e. The Morgan fingerprint density at radius 3 is 1.90 bits per heavy atom. The van der Waals surface area contributed by atoms with Gasteiger partial charge in [-0.05, 0) is 29.8 Å². The van der Waals surface area contributed by atoms with Crippen LogP contribution >= 0.6 is 0 Å². The van der Waals surface area contributed by atoms with Gasteiger partial charge >= 0.3 is 6.18 Å². The Bertz CT molecular complexity index is 1170. The van der Waals surface area contributed by atoms with E-state index in [4.69, 9.17) is 4.98 Å². The second-order valence-corrected chi connectivity index (χ2v) is 7.34. The number of hydrogen-bond donors (Lipinski definition) is 0. The summed E-state index contributed by atoms with van der Waals surface area (Å²) in [6.45, 7) is 0. The average Bonchev–Trinajstić information content (AvgIpc) is 2.79. The van der Waals surface area contributed by atoms with Crippen molar-refractivity contribution in [3.05, 3.63) is 90.6 Å². The highest BCUT2D eigenvalue weighted by Crippen LogP contribution is 2.35. The number of halogens is 3. The van der Waals surface area contributed by atoms with Gasteiger partial charge in [0.1, 0.15) is 0 Å². The Morgan fingerprint density at radius 2 is 1.32 bits per heavy atom. The van der Waals surface area contributed by atoms with Gasteiger partial charge in [-0.3, -0.25) is 0 Å². The fraction of sp³-hybridized carbons (Fsp3) is 0.120. The first-order valence-electron chi connectivity index (χ1n) is 9.71. The van der Waals surface area contributed by atoms with Gasteiger partial charge in [-0.15, -0.1) is 0 Å². The number of anilines is 1. The lowest BCUT2D eigenvalue weighted by Crippen LogP contribution is -2.08. The molecule has 156 valence electrons. The van der Waals surface area contributed by atoms with Crippen LogP contribution < -0.4 is 4.90 Å². The number of alkyl halides is 3. The molecule has 4 rings (SSSR count). The lowest BCUT2D eigenvalue weighted by atomic mass is 9.99. The van der Waals surface area contributed by atoms with Crippen molar-refractivity contribution in [3.8, 4) is 33.8 Å². The van der Waals surface area contributed by atoms with Crippen LogP contribution in [0.3, 0.4) is 0 Å². The molecule has 0 atom stereocenters. The lowest BCUT2D eigenvalue weighted by molar-refractivity contribution is -0.137. The predicted molar refractivity (Wildman–Crippen MR) is 118 cm³/mol. The van der Waals surface area contributed by atoms with E-state index < -0.39 is 11.7 Å². The molecule has 1 aromatic heterocycles. The molecule has 31 heavy (non-hydrogen) atoms.